The summed E-state index contributed by atoms with van der Waals surface area (Å²) in [6, 6.07) is 3.56. The van der Waals surface area contributed by atoms with Gasteiger partial charge in [0, 0.05) is 18.9 Å². The maximum Gasteiger partial charge on any atom is 0.214 e. The van der Waals surface area contributed by atoms with E-state index in [4.69, 9.17) is 10.9 Å². The van der Waals surface area contributed by atoms with Crippen LogP contribution in [0.3, 0.4) is 0 Å². The van der Waals surface area contributed by atoms with E-state index in [-0.39, 0.29) is 18.1 Å². The van der Waals surface area contributed by atoms with E-state index < -0.39 is 10.0 Å². The summed E-state index contributed by atoms with van der Waals surface area (Å²) in [6.07, 6.45) is 4.32. The molecule has 1 aromatic rings. The van der Waals surface area contributed by atoms with E-state index in [0.717, 1.165) is 5.56 Å². The lowest BCUT2D eigenvalue weighted by molar-refractivity contribution is 0.314. The fourth-order valence-electron chi connectivity index (χ4n) is 1.70. The van der Waals surface area contributed by atoms with Gasteiger partial charge in [0.1, 0.15) is 0 Å². The molecule has 0 aliphatic heterocycles. The third-order valence-corrected chi connectivity index (χ3v) is 4.55. The highest BCUT2D eigenvalue weighted by Crippen LogP contribution is 2.07. The van der Waals surface area contributed by atoms with Crippen LogP contribution in [0.15, 0.2) is 29.7 Å². The molecule has 0 aliphatic rings. The normalized spacial score (nSPS) is 12.8. The van der Waals surface area contributed by atoms with E-state index in [1.807, 2.05) is 6.92 Å². The number of sulfonamides is 1. The molecule has 112 valence electrons. The summed E-state index contributed by atoms with van der Waals surface area (Å²) in [5.74, 6) is -0.138. The second kappa shape index (κ2) is 7.81. The molecule has 1 aromatic heterocycles. The van der Waals surface area contributed by atoms with Gasteiger partial charge >= 0.3 is 0 Å². The first-order valence-corrected chi connectivity index (χ1v) is 7.93. The number of amidine groups is 1. The molecular formula is C12H20N4O3S. The number of rotatable bonds is 8. The predicted octanol–water partition coefficient (Wildman–Crippen LogP) is 0.412. The topological polar surface area (TPSA) is 109 Å². The lowest BCUT2D eigenvalue weighted by Gasteiger charge is -2.20. The first-order chi connectivity index (χ1) is 9.49. The van der Waals surface area contributed by atoms with Gasteiger partial charge in [-0.05, 0) is 30.5 Å². The molecule has 7 nitrogen and oxygen atoms in total. The fraction of sp³-hybridized carbons (Fsp3) is 0.500. The molecule has 0 radical (unpaired) electrons. The van der Waals surface area contributed by atoms with Crippen LogP contribution in [0.1, 0.15) is 18.9 Å². The van der Waals surface area contributed by atoms with Crippen LogP contribution >= 0.6 is 0 Å². The number of pyridine rings is 1. The van der Waals surface area contributed by atoms with Gasteiger partial charge in [-0.1, -0.05) is 12.1 Å². The van der Waals surface area contributed by atoms with Gasteiger partial charge in [0.25, 0.3) is 0 Å². The molecule has 0 bridgehead atoms. The monoisotopic (exact) mass is 300 g/mol. The molecule has 0 fully saturated rings. The van der Waals surface area contributed by atoms with Crippen LogP contribution in [-0.2, 0) is 16.4 Å². The Morgan fingerprint density at radius 3 is 2.65 bits per heavy atom. The molecule has 0 aliphatic carbocycles. The highest BCUT2D eigenvalue weighted by atomic mass is 32.2. The fourth-order valence-corrected chi connectivity index (χ4v) is 3.25. The Bertz CT molecular complexity index is 531. The van der Waals surface area contributed by atoms with E-state index in [2.05, 4.69) is 10.1 Å². The van der Waals surface area contributed by atoms with Crippen molar-refractivity contribution in [3.63, 3.8) is 0 Å². The smallest absolute Gasteiger partial charge is 0.214 e. The Balaban J connectivity index is 2.72. The second-order valence-corrected chi connectivity index (χ2v) is 6.43. The van der Waals surface area contributed by atoms with Gasteiger partial charge in [0.2, 0.25) is 10.0 Å². The predicted molar refractivity (Wildman–Crippen MR) is 77.0 cm³/mol. The van der Waals surface area contributed by atoms with Crippen LogP contribution in [-0.4, -0.2) is 47.6 Å². The number of aromatic nitrogens is 1. The lowest BCUT2D eigenvalue weighted by Crippen LogP contribution is -2.40. The second-order valence-electron chi connectivity index (χ2n) is 4.35. The molecule has 0 saturated carbocycles. The zero-order valence-corrected chi connectivity index (χ0v) is 12.3. The molecule has 0 spiro atoms. The Morgan fingerprint density at radius 2 is 2.10 bits per heavy atom. The van der Waals surface area contributed by atoms with Crippen molar-refractivity contribution in [2.75, 3.05) is 18.8 Å². The van der Waals surface area contributed by atoms with Crippen LogP contribution in [0, 0.1) is 0 Å². The highest BCUT2D eigenvalue weighted by molar-refractivity contribution is 7.89. The Hall–Kier alpha value is -1.67. The quantitative estimate of drug-likeness (QED) is 0.313. The van der Waals surface area contributed by atoms with Crippen molar-refractivity contribution < 1.29 is 13.6 Å². The molecule has 0 unspecified atom stereocenters. The minimum atomic E-state index is -3.45. The van der Waals surface area contributed by atoms with Crippen molar-refractivity contribution in [3.05, 3.63) is 30.1 Å². The largest absolute Gasteiger partial charge is 0.409 e. The van der Waals surface area contributed by atoms with Gasteiger partial charge in [0.05, 0.1) is 12.3 Å². The molecular weight excluding hydrogens is 280 g/mol. The van der Waals surface area contributed by atoms with Crippen molar-refractivity contribution in [3.8, 4) is 0 Å². The van der Waals surface area contributed by atoms with Crippen LogP contribution < -0.4 is 5.73 Å². The zero-order chi connectivity index (χ0) is 15.0. The number of aryl methyl sites for hydroxylation is 1. The first-order valence-electron chi connectivity index (χ1n) is 6.32. The molecule has 0 saturated heterocycles. The molecule has 1 rings (SSSR count). The highest BCUT2D eigenvalue weighted by Gasteiger charge is 2.22. The van der Waals surface area contributed by atoms with Crippen LogP contribution in [0.4, 0.5) is 0 Å². The van der Waals surface area contributed by atoms with Crippen molar-refractivity contribution in [2.45, 2.75) is 19.8 Å². The standard InChI is InChI=1S/C12H20N4O3S/c1-2-8-16(10-12(13)15-17)20(18,19)9-5-11-3-6-14-7-4-11/h3-4,6-7,17H,2,5,8-10H2,1H3,(H2,13,15). The Kier molecular flexibility index (Phi) is 6.40. The molecule has 0 atom stereocenters. The maximum atomic E-state index is 12.3. The van der Waals surface area contributed by atoms with Crippen LogP contribution in [0.25, 0.3) is 0 Å². The molecule has 8 heteroatoms. The lowest BCUT2D eigenvalue weighted by atomic mass is 10.2. The zero-order valence-electron chi connectivity index (χ0n) is 11.4. The minimum absolute atomic E-state index is 0.0181. The average molecular weight is 300 g/mol. The van der Waals surface area contributed by atoms with Gasteiger partial charge in [-0.25, -0.2) is 8.42 Å². The number of nitrogens with zero attached hydrogens (tertiary/aromatic N) is 3. The van der Waals surface area contributed by atoms with Crippen LogP contribution in [0.5, 0.6) is 0 Å². The molecule has 20 heavy (non-hydrogen) atoms. The van der Waals surface area contributed by atoms with Gasteiger partial charge in [-0.15, -0.1) is 0 Å². The summed E-state index contributed by atoms with van der Waals surface area (Å²) >= 11 is 0. The first kappa shape index (κ1) is 16.4. The third-order valence-electron chi connectivity index (χ3n) is 2.73. The van der Waals surface area contributed by atoms with E-state index in [1.54, 1.807) is 24.5 Å². The van der Waals surface area contributed by atoms with Gasteiger partial charge in [0.15, 0.2) is 5.84 Å². The number of nitrogens with two attached hydrogens (primary N) is 1. The van der Waals surface area contributed by atoms with E-state index in [1.165, 1.54) is 4.31 Å². The average Bonchev–Trinajstić information content (AvgIpc) is 2.45. The van der Waals surface area contributed by atoms with Crippen LogP contribution in [0.2, 0.25) is 0 Å². The number of hydrogen-bond acceptors (Lipinski definition) is 5. The third kappa shape index (κ3) is 5.14. The summed E-state index contributed by atoms with van der Waals surface area (Å²) < 4.78 is 25.8. The molecule has 0 aromatic carbocycles. The number of oxime groups is 1. The summed E-state index contributed by atoms with van der Waals surface area (Å²) in [6.45, 7) is 2.12. The summed E-state index contributed by atoms with van der Waals surface area (Å²) in [5, 5.41) is 11.4. The summed E-state index contributed by atoms with van der Waals surface area (Å²) in [5.41, 5.74) is 6.30. The molecule has 0 amide bonds. The van der Waals surface area contributed by atoms with Crippen molar-refractivity contribution >= 4 is 15.9 Å². The summed E-state index contributed by atoms with van der Waals surface area (Å²) in [4.78, 5) is 3.88. The van der Waals surface area contributed by atoms with E-state index >= 15 is 0 Å². The molecule has 3 N–H and O–H groups in total. The van der Waals surface area contributed by atoms with E-state index in [9.17, 15) is 8.42 Å². The summed E-state index contributed by atoms with van der Waals surface area (Å²) in [7, 11) is -3.45. The van der Waals surface area contributed by atoms with Gasteiger partial charge < -0.3 is 10.9 Å². The maximum absolute atomic E-state index is 12.3. The van der Waals surface area contributed by atoms with Crippen molar-refractivity contribution in [2.24, 2.45) is 10.9 Å². The SMILES string of the molecule is CCCN(CC(N)=NO)S(=O)(=O)CCc1ccncc1. The van der Waals surface area contributed by atoms with Gasteiger partial charge in [-0.2, -0.15) is 4.31 Å². The Labute approximate surface area is 119 Å². The number of hydrogen-bond donors (Lipinski definition) is 2. The van der Waals surface area contributed by atoms with Gasteiger partial charge in [-0.3, -0.25) is 4.98 Å². The van der Waals surface area contributed by atoms with Crippen molar-refractivity contribution in [1.29, 1.82) is 0 Å². The molecule has 1 heterocycles. The van der Waals surface area contributed by atoms with E-state index in [0.29, 0.717) is 19.4 Å². The minimum Gasteiger partial charge on any atom is -0.409 e. The van der Waals surface area contributed by atoms with Crippen molar-refractivity contribution in [1.82, 2.24) is 9.29 Å². The Morgan fingerprint density at radius 1 is 1.45 bits per heavy atom.